The average Bonchev–Trinajstić information content (AvgIpc) is 2.21. The van der Waals surface area contributed by atoms with Crippen LogP contribution in [0.25, 0.3) is 0 Å². The smallest absolute Gasteiger partial charge is 0.398 e. The Bertz CT molecular complexity index is 423. The van der Waals surface area contributed by atoms with Gasteiger partial charge in [0.15, 0.2) is 0 Å². The fraction of sp³-hybridized carbons (Fsp3) is 0.455. The number of hydrogen-bond donors (Lipinski definition) is 2. The first kappa shape index (κ1) is 14.9. The Kier molecular flexibility index (Phi) is 4.70. The third-order valence-corrected chi connectivity index (χ3v) is 2.72. The number of nitrogens with zero attached hydrogens (tertiary/aromatic N) is 1. The van der Waals surface area contributed by atoms with Crippen molar-refractivity contribution in [2.45, 2.75) is 13.1 Å². The summed E-state index contributed by atoms with van der Waals surface area (Å²) in [5, 5.41) is 9.04. The van der Waals surface area contributed by atoms with Crippen molar-refractivity contribution >= 4 is 23.0 Å². The predicted molar refractivity (Wildman–Crippen MR) is 66.0 cm³/mol. The number of rotatable bonds is 4. The topological polar surface area (TPSA) is 49.5 Å². The Morgan fingerprint density at radius 2 is 2.00 bits per heavy atom. The Morgan fingerprint density at radius 3 is 2.50 bits per heavy atom. The van der Waals surface area contributed by atoms with E-state index in [1.807, 2.05) is 0 Å². The number of halogens is 4. The molecule has 0 saturated carbocycles. The fourth-order valence-electron chi connectivity index (χ4n) is 1.66. The summed E-state index contributed by atoms with van der Waals surface area (Å²) in [6, 6.07) is 2.89. The molecule has 0 saturated heterocycles. The van der Waals surface area contributed by atoms with Gasteiger partial charge < -0.3 is 15.7 Å². The summed E-state index contributed by atoms with van der Waals surface area (Å²) < 4.78 is 37.3. The summed E-state index contributed by atoms with van der Waals surface area (Å²) in [4.78, 5) is 1.03. The van der Waals surface area contributed by atoms with E-state index in [0.717, 1.165) is 4.90 Å². The van der Waals surface area contributed by atoms with E-state index in [9.17, 15) is 13.2 Å². The largest absolute Gasteiger partial charge is 0.405 e. The molecule has 0 fully saturated rings. The van der Waals surface area contributed by atoms with Crippen LogP contribution < -0.4 is 10.6 Å². The summed E-state index contributed by atoms with van der Waals surface area (Å²) in [5.74, 6) is 0. The molecule has 0 atom stereocenters. The second-order valence-corrected chi connectivity index (χ2v) is 4.33. The minimum Gasteiger partial charge on any atom is -0.398 e. The van der Waals surface area contributed by atoms with Crippen molar-refractivity contribution in [1.82, 2.24) is 0 Å². The van der Waals surface area contributed by atoms with Crippen molar-refractivity contribution in [3.8, 4) is 0 Å². The van der Waals surface area contributed by atoms with Gasteiger partial charge in [0.1, 0.15) is 6.54 Å². The molecule has 3 nitrogen and oxygen atoms in total. The monoisotopic (exact) mass is 282 g/mol. The van der Waals surface area contributed by atoms with Crippen LogP contribution in [0.3, 0.4) is 0 Å². The number of aliphatic hydroxyl groups excluding tert-OH is 1. The molecule has 3 N–H and O–H groups in total. The van der Waals surface area contributed by atoms with Gasteiger partial charge in [0.2, 0.25) is 0 Å². The molecule has 1 rings (SSSR count). The number of nitrogen functional groups attached to an aromatic ring is 1. The van der Waals surface area contributed by atoms with E-state index in [0.29, 0.717) is 16.9 Å². The van der Waals surface area contributed by atoms with Crippen LogP contribution in [-0.4, -0.2) is 31.0 Å². The molecule has 0 aliphatic heterocycles. The van der Waals surface area contributed by atoms with E-state index < -0.39 is 12.7 Å². The quantitative estimate of drug-likeness (QED) is 0.835. The molecule has 1 aromatic carbocycles. The molecule has 0 heterocycles. The number of aryl methyl sites for hydroxylation is 1. The zero-order valence-electron chi connectivity index (χ0n) is 9.76. The first-order chi connectivity index (χ1) is 8.24. The molecule has 0 aromatic heterocycles. The lowest BCUT2D eigenvalue weighted by atomic mass is 10.1. The van der Waals surface area contributed by atoms with Crippen molar-refractivity contribution in [2.24, 2.45) is 0 Å². The van der Waals surface area contributed by atoms with Crippen LogP contribution in [0.5, 0.6) is 0 Å². The number of aliphatic hydroxyl groups is 1. The number of nitrogens with two attached hydrogens (primary N) is 1. The first-order valence-corrected chi connectivity index (χ1v) is 5.60. The Labute approximate surface area is 108 Å². The molecular weight excluding hydrogens is 269 g/mol. The molecule has 0 aliphatic rings. The van der Waals surface area contributed by atoms with E-state index in [-0.39, 0.29) is 18.2 Å². The van der Waals surface area contributed by atoms with Crippen molar-refractivity contribution in [3.63, 3.8) is 0 Å². The highest BCUT2D eigenvalue weighted by atomic mass is 35.5. The summed E-state index contributed by atoms with van der Waals surface area (Å²) in [7, 11) is 0. The summed E-state index contributed by atoms with van der Waals surface area (Å²) >= 11 is 5.81. The maximum absolute atomic E-state index is 12.4. The molecule has 0 bridgehead atoms. The zero-order chi connectivity index (χ0) is 13.9. The van der Waals surface area contributed by atoms with Crippen LogP contribution in [0.15, 0.2) is 12.1 Å². The van der Waals surface area contributed by atoms with Gasteiger partial charge in [0.25, 0.3) is 0 Å². The molecule has 18 heavy (non-hydrogen) atoms. The third-order valence-electron chi connectivity index (χ3n) is 2.40. The summed E-state index contributed by atoms with van der Waals surface area (Å²) in [6.07, 6.45) is -4.35. The minimum atomic E-state index is -4.35. The highest BCUT2D eigenvalue weighted by Crippen LogP contribution is 2.31. The first-order valence-electron chi connectivity index (χ1n) is 5.23. The van der Waals surface area contributed by atoms with Gasteiger partial charge in [-0.15, -0.1) is 0 Å². The van der Waals surface area contributed by atoms with E-state index in [1.54, 1.807) is 6.92 Å². The second kappa shape index (κ2) is 5.67. The molecule has 7 heteroatoms. The summed E-state index contributed by atoms with van der Waals surface area (Å²) in [5.41, 5.74) is 6.78. The van der Waals surface area contributed by atoms with E-state index in [4.69, 9.17) is 22.4 Å². The highest BCUT2D eigenvalue weighted by molar-refractivity contribution is 6.33. The maximum Gasteiger partial charge on any atom is 0.405 e. The van der Waals surface area contributed by atoms with Crippen LogP contribution in [0.4, 0.5) is 24.5 Å². The lowest BCUT2D eigenvalue weighted by Gasteiger charge is -2.27. The lowest BCUT2D eigenvalue weighted by Crippen LogP contribution is -2.36. The number of benzene rings is 1. The van der Waals surface area contributed by atoms with Crippen LogP contribution in [0.1, 0.15) is 5.56 Å². The standard InChI is InChI=1S/C11H14ClF3N2O/c1-7-4-9(16)8(12)5-10(7)17(2-3-18)6-11(13,14)15/h4-5,18H,2-3,6,16H2,1H3. The second-order valence-electron chi connectivity index (χ2n) is 3.92. The van der Waals surface area contributed by atoms with E-state index >= 15 is 0 Å². The van der Waals surface area contributed by atoms with Crippen LogP contribution in [0.2, 0.25) is 5.02 Å². The SMILES string of the molecule is Cc1cc(N)c(Cl)cc1N(CCO)CC(F)(F)F. The zero-order valence-corrected chi connectivity index (χ0v) is 10.5. The van der Waals surface area contributed by atoms with Crippen LogP contribution >= 0.6 is 11.6 Å². The molecule has 102 valence electrons. The fourth-order valence-corrected chi connectivity index (χ4v) is 1.81. The number of anilines is 2. The third kappa shape index (κ3) is 3.96. The van der Waals surface area contributed by atoms with Crippen molar-refractivity contribution in [3.05, 3.63) is 22.7 Å². The van der Waals surface area contributed by atoms with Gasteiger partial charge >= 0.3 is 6.18 Å². The van der Waals surface area contributed by atoms with Crippen molar-refractivity contribution in [1.29, 1.82) is 0 Å². The summed E-state index contributed by atoms with van der Waals surface area (Å²) in [6.45, 7) is -0.00443. The maximum atomic E-state index is 12.4. The van der Waals surface area contributed by atoms with Crippen molar-refractivity contribution in [2.75, 3.05) is 30.3 Å². The Hall–Kier alpha value is -1.14. The molecular formula is C11H14ClF3N2O. The molecule has 0 spiro atoms. The van der Waals surface area contributed by atoms with Gasteiger partial charge in [-0.25, -0.2) is 0 Å². The molecule has 0 unspecified atom stereocenters. The molecule has 0 amide bonds. The Balaban J connectivity index is 3.09. The van der Waals surface area contributed by atoms with Gasteiger partial charge in [0, 0.05) is 12.2 Å². The molecule has 0 aliphatic carbocycles. The normalized spacial score (nSPS) is 11.7. The van der Waals surface area contributed by atoms with Gasteiger partial charge in [0.05, 0.1) is 17.3 Å². The van der Waals surface area contributed by atoms with Gasteiger partial charge in [-0.05, 0) is 24.6 Å². The van der Waals surface area contributed by atoms with Crippen molar-refractivity contribution < 1.29 is 18.3 Å². The lowest BCUT2D eigenvalue weighted by molar-refractivity contribution is -0.119. The van der Waals surface area contributed by atoms with Gasteiger partial charge in [-0.3, -0.25) is 0 Å². The van der Waals surface area contributed by atoms with E-state index in [2.05, 4.69) is 0 Å². The van der Waals surface area contributed by atoms with Gasteiger partial charge in [-0.2, -0.15) is 13.2 Å². The van der Waals surface area contributed by atoms with Gasteiger partial charge in [-0.1, -0.05) is 11.6 Å². The minimum absolute atomic E-state index is 0.124. The van der Waals surface area contributed by atoms with Crippen LogP contribution in [0, 0.1) is 6.92 Å². The highest BCUT2D eigenvalue weighted by Gasteiger charge is 2.31. The predicted octanol–water partition coefficient (Wildman–Crippen LogP) is 2.59. The van der Waals surface area contributed by atoms with E-state index in [1.165, 1.54) is 12.1 Å². The Morgan fingerprint density at radius 1 is 1.39 bits per heavy atom. The molecule has 0 radical (unpaired) electrons. The van der Waals surface area contributed by atoms with Crippen LogP contribution in [-0.2, 0) is 0 Å². The molecule has 1 aromatic rings. The number of hydrogen-bond acceptors (Lipinski definition) is 3. The average molecular weight is 283 g/mol. The number of alkyl halides is 3.